The number of amides is 1. The van der Waals surface area contributed by atoms with E-state index in [0.29, 0.717) is 41.6 Å². The monoisotopic (exact) mass is 407 g/mol. The van der Waals surface area contributed by atoms with E-state index in [1.54, 1.807) is 31.4 Å². The molecular formula is C22H21N3O5. The van der Waals surface area contributed by atoms with Crippen molar-refractivity contribution in [1.82, 2.24) is 9.78 Å². The van der Waals surface area contributed by atoms with Gasteiger partial charge in [0.2, 0.25) is 12.7 Å². The molecule has 1 aliphatic rings. The molecule has 2 aromatic carbocycles. The molecule has 0 bridgehead atoms. The van der Waals surface area contributed by atoms with Crippen LogP contribution in [0, 0.1) is 0 Å². The van der Waals surface area contributed by atoms with Gasteiger partial charge < -0.3 is 19.5 Å². The van der Waals surface area contributed by atoms with E-state index in [2.05, 4.69) is 10.4 Å². The number of benzene rings is 2. The Morgan fingerprint density at radius 3 is 2.87 bits per heavy atom. The molecule has 0 spiro atoms. The van der Waals surface area contributed by atoms with Crippen LogP contribution in [0.15, 0.2) is 59.4 Å². The normalized spacial score (nSPS) is 11.9. The van der Waals surface area contributed by atoms with Crippen molar-refractivity contribution < 1.29 is 19.0 Å². The van der Waals surface area contributed by atoms with E-state index < -0.39 is 0 Å². The highest BCUT2D eigenvalue weighted by Gasteiger charge is 2.14. The maximum atomic E-state index is 12.2. The highest BCUT2D eigenvalue weighted by atomic mass is 16.7. The van der Waals surface area contributed by atoms with Crippen molar-refractivity contribution in [1.29, 1.82) is 0 Å². The van der Waals surface area contributed by atoms with Gasteiger partial charge in [-0.25, -0.2) is 4.68 Å². The molecule has 2 heterocycles. The summed E-state index contributed by atoms with van der Waals surface area (Å²) in [6.07, 6.45) is 0.733. The van der Waals surface area contributed by atoms with E-state index in [1.165, 1.54) is 10.7 Å². The second kappa shape index (κ2) is 8.69. The number of carbonyl (C=O) groups is 1. The van der Waals surface area contributed by atoms with E-state index in [1.807, 2.05) is 24.3 Å². The average molecular weight is 407 g/mol. The summed E-state index contributed by atoms with van der Waals surface area (Å²) in [6, 6.07) is 15.9. The van der Waals surface area contributed by atoms with Gasteiger partial charge in [0.1, 0.15) is 5.75 Å². The van der Waals surface area contributed by atoms with E-state index in [9.17, 15) is 9.59 Å². The number of hydrogen-bond acceptors (Lipinski definition) is 6. The van der Waals surface area contributed by atoms with Crippen molar-refractivity contribution in [2.75, 3.05) is 19.2 Å². The Hall–Kier alpha value is -3.81. The molecule has 30 heavy (non-hydrogen) atoms. The SMILES string of the molecule is COc1cccc(-c2ccc(=O)n(CCCC(=O)Nc3ccc4c(c3)OCO4)n2)c1. The molecule has 154 valence electrons. The minimum Gasteiger partial charge on any atom is -0.497 e. The second-order valence-corrected chi connectivity index (χ2v) is 6.73. The molecule has 8 heteroatoms. The van der Waals surface area contributed by atoms with Gasteiger partial charge in [0.15, 0.2) is 11.5 Å². The summed E-state index contributed by atoms with van der Waals surface area (Å²) in [5, 5.41) is 7.25. The van der Waals surface area contributed by atoms with Crippen molar-refractivity contribution in [3.8, 4) is 28.5 Å². The molecule has 0 saturated heterocycles. The Balaban J connectivity index is 1.36. The van der Waals surface area contributed by atoms with E-state index in [4.69, 9.17) is 14.2 Å². The number of ether oxygens (including phenoxy) is 3. The van der Waals surface area contributed by atoms with Crippen molar-refractivity contribution in [3.05, 3.63) is 65.0 Å². The first-order chi connectivity index (χ1) is 14.6. The van der Waals surface area contributed by atoms with Crippen molar-refractivity contribution in [2.45, 2.75) is 19.4 Å². The molecule has 3 aromatic rings. The minimum absolute atomic E-state index is 0.147. The number of aryl methyl sites for hydroxylation is 1. The minimum atomic E-state index is -0.210. The maximum Gasteiger partial charge on any atom is 0.266 e. The van der Waals surface area contributed by atoms with Gasteiger partial charge in [-0.1, -0.05) is 12.1 Å². The third kappa shape index (κ3) is 4.43. The highest BCUT2D eigenvalue weighted by Crippen LogP contribution is 2.34. The lowest BCUT2D eigenvalue weighted by atomic mass is 10.1. The quantitative estimate of drug-likeness (QED) is 0.647. The number of nitrogens with one attached hydrogen (secondary N) is 1. The lowest BCUT2D eigenvalue weighted by molar-refractivity contribution is -0.116. The number of fused-ring (bicyclic) bond motifs is 1. The fourth-order valence-corrected chi connectivity index (χ4v) is 3.13. The van der Waals surface area contributed by atoms with Gasteiger partial charge in [0.25, 0.3) is 5.56 Å². The van der Waals surface area contributed by atoms with Crippen LogP contribution in [-0.2, 0) is 11.3 Å². The highest BCUT2D eigenvalue weighted by molar-refractivity contribution is 5.91. The molecule has 0 saturated carbocycles. The van der Waals surface area contributed by atoms with Crippen molar-refractivity contribution >= 4 is 11.6 Å². The Morgan fingerprint density at radius 2 is 2.00 bits per heavy atom. The second-order valence-electron chi connectivity index (χ2n) is 6.73. The number of carbonyl (C=O) groups excluding carboxylic acids is 1. The third-order valence-electron chi connectivity index (χ3n) is 4.66. The summed E-state index contributed by atoms with van der Waals surface area (Å²) in [5.74, 6) is 1.84. The van der Waals surface area contributed by atoms with Crippen LogP contribution >= 0.6 is 0 Å². The molecule has 0 fully saturated rings. The number of nitrogens with zero attached hydrogens (tertiary/aromatic N) is 2. The Kier molecular flexibility index (Phi) is 5.65. The molecule has 0 unspecified atom stereocenters. The molecule has 4 rings (SSSR count). The van der Waals surface area contributed by atoms with Crippen molar-refractivity contribution in [3.63, 3.8) is 0 Å². The fraction of sp³-hybridized carbons (Fsp3) is 0.227. The predicted molar refractivity (Wildman–Crippen MR) is 111 cm³/mol. The number of anilines is 1. The molecule has 8 nitrogen and oxygen atoms in total. The number of hydrogen-bond donors (Lipinski definition) is 1. The van der Waals surface area contributed by atoms with Crippen LogP contribution in [0.5, 0.6) is 17.2 Å². The number of aromatic nitrogens is 2. The van der Waals surface area contributed by atoms with Gasteiger partial charge in [0, 0.05) is 36.3 Å². The van der Waals surface area contributed by atoms with Crippen LogP contribution in [-0.4, -0.2) is 29.6 Å². The van der Waals surface area contributed by atoms with Crippen LogP contribution in [0.25, 0.3) is 11.3 Å². The van der Waals surface area contributed by atoms with Crippen LogP contribution in [0.2, 0.25) is 0 Å². The summed E-state index contributed by atoms with van der Waals surface area (Å²) in [7, 11) is 1.60. The van der Waals surface area contributed by atoms with Gasteiger partial charge in [-0.2, -0.15) is 5.10 Å². The van der Waals surface area contributed by atoms with E-state index in [0.717, 1.165) is 5.56 Å². The zero-order valence-electron chi connectivity index (χ0n) is 16.5. The number of rotatable bonds is 7. The molecule has 1 aromatic heterocycles. The summed E-state index contributed by atoms with van der Waals surface area (Å²) < 4.78 is 17.2. The smallest absolute Gasteiger partial charge is 0.266 e. The molecule has 1 aliphatic heterocycles. The summed E-state index contributed by atoms with van der Waals surface area (Å²) in [5.41, 5.74) is 1.94. The molecule has 0 aliphatic carbocycles. The van der Waals surface area contributed by atoms with Crippen LogP contribution < -0.4 is 25.1 Å². The first-order valence-electron chi connectivity index (χ1n) is 9.54. The summed E-state index contributed by atoms with van der Waals surface area (Å²) in [6.45, 7) is 0.522. The maximum absolute atomic E-state index is 12.2. The van der Waals surface area contributed by atoms with Crippen LogP contribution in [0.3, 0.4) is 0 Å². The predicted octanol–water partition coefficient (Wildman–Crippen LogP) is 3.07. The molecule has 1 N–H and O–H groups in total. The largest absolute Gasteiger partial charge is 0.497 e. The lowest BCUT2D eigenvalue weighted by Gasteiger charge is -2.09. The first kappa shape index (κ1) is 19.5. The Morgan fingerprint density at radius 1 is 1.13 bits per heavy atom. The topological polar surface area (TPSA) is 91.7 Å². The van der Waals surface area contributed by atoms with Gasteiger partial charge in [0.05, 0.1) is 12.8 Å². The average Bonchev–Trinajstić information content (AvgIpc) is 3.23. The Labute approximate surface area is 173 Å². The van der Waals surface area contributed by atoms with Crippen LogP contribution in [0.1, 0.15) is 12.8 Å². The van der Waals surface area contributed by atoms with Gasteiger partial charge in [-0.15, -0.1) is 0 Å². The zero-order valence-corrected chi connectivity index (χ0v) is 16.5. The van der Waals surface area contributed by atoms with E-state index in [-0.39, 0.29) is 24.7 Å². The summed E-state index contributed by atoms with van der Waals surface area (Å²) in [4.78, 5) is 24.4. The summed E-state index contributed by atoms with van der Waals surface area (Å²) >= 11 is 0. The standard InChI is InChI=1S/C22H21N3O5/c1-28-17-5-2-4-15(12-17)18-8-10-22(27)25(24-18)11-3-6-21(26)23-16-7-9-19-20(13-16)30-14-29-19/h2,4-5,7-10,12-13H,3,6,11,14H2,1H3,(H,23,26). The first-order valence-corrected chi connectivity index (χ1v) is 9.54. The zero-order chi connectivity index (χ0) is 20.9. The molecular weight excluding hydrogens is 386 g/mol. The van der Waals surface area contributed by atoms with Crippen LogP contribution in [0.4, 0.5) is 5.69 Å². The van der Waals surface area contributed by atoms with Crippen molar-refractivity contribution in [2.24, 2.45) is 0 Å². The lowest BCUT2D eigenvalue weighted by Crippen LogP contribution is -2.23. The third-order valence-corrected chi connectivity index (χ3v) is 4.66. The fourth-order valence-electron chi connectivity index (χ4n) is 3.13. The van der Waals surface area contributed by atoms with Gasteiger partial charge in [-0.05, 0) is 36.8 Å². The number of methoxy groups -OCH3 is 1. The molecule has 1 amide bonds. The Bertz CT molecular complexity index is 1130. The van der Waals surface area contributed by atoms with Gasteiger partial charge >= 0.3 is 0 Å². The van der Waals surface area contributed by atoms with E-state index >= 15 is 0 Å². The van der Waals surface area contributed by atoms with Gasteiger partial charge in [-0.3, -0.25) is 9.59 Å². The molecule has 0 atom stereocenters. The molecule has 0 radical (unpaired) electrons.